The van der Waals surface area contributed by atoms with E-state index in [1.807, 2.05) is 6.07 Å². The topological polar surface area (TPSA) is 111 Å². The lowest BCUT2D eigenvalue weighted by molar-refractivity contribution is -0.140. The molecule has 0 radical (unpaired) electrons. The molecule has 3 aromatic heterocycles. The molecule has 10 heteroatoms. The lowest BCUT2D eigenvalue weighted by Gasteiger charge is -2.14. The molecule has 0 aliphatic rings. The van der Waals surface area contributed by atoms with E-state index in [2.05, 4.69) is 4.98 Å². The van der Waals surface area contributed by atoms with Gasteiger partial charge in [0.2, 0.25) is 0 Å². The number of benzene rings is 1. The number of hydrogen-bond acceptors (Lipinski definition) is 5. The van der Waals surface area contributed by atoms with Gasteiger partial charge in [-0.2, -0.15) is 13.2 Å². The van der Waals surface area contributed by atoms with Crippen LogP contribution < -0.4 is 16.0 Å². The fourth-order valence-electron chi connectivity index (χ4n) is 3.22. The molecular weight excluding hydrogens is 439 g/mol. The summed E-state index contributed by atoms with van der Waals surface area (Å²) in [4.78, 5) is 29.1. The molecule has 0 saturated heterocycles. The molecule has 0 spiro atoms. The van der Waals surface area contributed by atoms with Crippen LogP contribution in [0.5, 0.6) is 5.75 Å². The number of aromatic amines is 1. The van der Waals surface area contributed by atoms with Crippen LogP contribution in [0.2, 0.25) is 0 Å². The molecular formula is C23H16F3N3O4. The van der Waals surface area contributed by atoms with Gasteiger partial charge in [-0.1, -0.05) is 12.1 Å². The number of halogens is 3. The molecule has 1 aromatic carbocycles. The monoisotopic (exact) mass is 455 g/mol. The molecule has 4 rings (SSSR count). The highest BCUT2D eigenvalue weighted by molar-refractivity contribution is 5.94. The van der Waals surface area contributed by atoms with Gasteiger partial charge < -0.3 is 19.9 Å². The third kappa shape index (κ3) is 4.79. The number of H-pyrrole nitrogens is 1. The first-order chi connectivity index (χ1) is 15.7. The number of nitrogens with one attached hydrogen (secondary N) is 1. The molecule has 33 heavy (non-hydrogen) atoms. The Balaban J connectivity index is 1.57. The third-order valence-electron chi connectivity index (χ3n) is 4.81. The van der Waals surface area contributed by atoms with E-state index < -0.39 is 28.9 Å². The number of alkyl halides is 3. The number of hydrogen-bond donors (Lipinski definition) is 2. The number of carbonyl (C=O) groups excluding carboxylic acids is 1. The van der Waals surface area contributed by atoms with Crippen molar-refractivity contribution in [3.05, 3.63) is 94.6 Å². The van der Waals surface area contributed by atoms with Crippen molar-refractivity contribution < 1.29 is 27.1 Å². The number of amides is 1. The summed E-state index contributed by atoms with van der Waals surface area (Å²) in [6, 6.07) is 10.3. The van der Waals surface area contributed by atoms with Gasteiger partial charge in [0.1, 0.15) is 23.6 Å². The average Bonchev–Trinajstić information content (AvgIpc) is 3.32. The van der Waals surface area contributed by atoms with Crippen molar-refractivity contribution in [2.24, 2.45) is 5.73 Å². The van der Waals surface area contributed by atoms with Crippen LogP contribution in [0.3, 0.4) is 0 Å². The van der Waals surface area contributed by atoms with Crippen molar-refractivity contribution in [2.75, 3.05) is 0 Å². The summed E-state index contributed by atoms with van der Waals surface area (Å²) in [5.41, 5.74) is 4.31. The molecule has 4 aromatic rings. The Labute approximate surface area is 184 Å². The number of ether oxygens (including phenoxy) is 1. The van der Waals surface area contributed by atoms with Gasteiger partial charge in [0.05, 0.1) is 12.5 Å². The Morgan fingerprint density at radius 2 is 1.82 bits per heavy atom. The zero-order chi connectivity index (χ0) is 23.6. The first-order valence-corrected chi connectivity index (χ1v) is 9.56. The molecule has 7 nitrogen and oxygen atoms in total. The summed E-state index contributed by atoms with van der Waals surface area (Å²) in [5.74, 6) is -0.724. The molecule has 0 unspecified atom stereocenters. The van der Waals surface area contributed by atoms with Crippen LogP contribution in [0.1, 0.15) is 21.6 Å². The molecule has 1 amide bonds. The Hall–Kier alpha value is -4.34. The van der Waals surface area contributed by atoms with Gasteiger partial charge in [-0.15, -0.1) is 0 Å². The standard InChI is InChI=1S/C23H16F3N3O4/c24-23(25,26)20-18(8-19(21(27)30)22(31)29-20)14-1-3-17(4-2-14)33-11-13-7-16(10-28-9-13)15-5-6-32-12-15/h1-10,12H,11H2,(H2,27,30)(H,29,31). The van der Waals surface area contributed by atoms with E-state index in [0.29, 0.717) is 5.75 Å². The minimum absolute atomic E-state index is 0.122. The van der Waals surface area contributed by atoms with E-state index in [4.69, 9.17) is 14.9 Å². The van der Waals surface area contributed by atoms with Crippen LogP contribution in [0.15, 0.2) is 76.6 Å². The zero-order valence-electron chi connectivity index (χ0n) is 16.8. The van der Waals surface area contributed by atoms with E-state index in [1.165, 1.54) is 24.3 Å². The minimum Gasteiger partial charge on any atom is -0.489 e. The summed E-state index contributed by atoms with van der Waals surface area (Å²) in [6.45, 7) is 0.177. The number of aromatic nitrogens is 2. The summed E-state index contributed by atoms with van der Waals surface area (Å²) in [7, 11) is 0. The van der Waals surface area contributed by atoms with Crippen molar-refractivity contribution in [3.63, 3.8) is 0 Å². The van der Waals surface area contributed by atoms with E-state index in [1.54, 1.807) is 36.0 Å². The molecule has 0 aliphatic heterocycles. The molecule has 0 atom stereocenters. The third-order valence-corrected chi connectivity index (χ3v) is 4.81. The number of nitrogens with two attached hydrogens (primary N) is 1. The normalized spacial score (nSPS) is 11.4. The maximum absolute atomic E-state index is 13.4. The van der Waals surface area contributed by atoms with Gasteiger partial charge in [0.15, 0.2) is 0 Å². The van der Waals surface area contributed by atoms with E-state index >= 15 is 0 Å². The fourth-order valence-corrected chi connectivity index (χ4v) is 3.22. The molecule has 168 valence electrons. The molecule has 3 N–H and O–H groups in total. The minimum atomic E-state index is -4.84. The molecule has 3 heterocycles. The molecule has 0 saturated carbocycles. The van der Waals surface area contributed by atoms with Gasteiger partial charge in [0, 0.05) is 34.6 Å². The van der Waals surface area contributed by atoms with E-state index in [0.717, 1.165) is 22.8 Å². The van der Waals surface area contributed by atoms with Crippen molar-refractivity contribution in [2.45, 2.75) is 12.8 Å². The Morgan fingerprint density at radius 3 is 2.45 bits per heavy atom. The molecule has 0 bridgehead atoms. The van der Waals surface area contributed by atoms with Gasteiger partial charge in [-0.25, -0.2) is 0 Å². The zero-order valence-corrected chi connectivity index (χ0v) is 16.8. The SMILES string of the molecule is NC(=O)c1cc(-c2ccc(OCc3cncc(-c4ccoc4)c3)cc2)c(C(F)(F)F)[nH]c1=O. The van der Waals surface area contributed by atoms with Gasteiger partial charge in [0.25, 0.3) is 11.5 Å². The van der Waals surface area contributed by atoms with Crippen molar-refractivity contribution in [1.82, 2.24) is 9.97 Å². The highest BCUT2D eigenvalue weighted by Gasteiger charge is 2.36. The van der Waals surface area contributed by atoms with Crippen molar-refractivity contribution in [3.8, 4) is 28.0 Å². The van der Waals surface area contributed by atoms with Crippen LogP contribution in [-0.2, 0) is 12.8 Å². The quantitative estimate of drug-likeness (QED) is 0.448. The highest BCUT2D eigenvalue weighted by atomic mass is 19.4. The number of furan rings is 1. The van der Waals surface area contributed by atoms with Crippen LogP contribution >= 0.6 is 0 Å². The summed E-state index contributed by atoms with van der Waals surface area (Å²) in [6.07, 6.45) is 1.63. The Morgan fingerprint density at radius 1 is 1.06 bits per heavy atom. The van der Waals surface area contributed by atoms with E-state index in [-0.39, 0.29) is 17.7 Å². The smallest absolute Gasteiger partial charge is 0.431 e. The number of carbonyl (C=O) groups is 1. The number of nitrogens with zero attached hydrogens (tertiary/aromatic N) is 1. The first-order valence-electron chi connectivity index (χ1n) is 9.56. The Bertz CT molecular complexity index is 1340. The average molecular weight is 455 g/mol. The highest BCUT2D eigenvalue weighted by Crippen LogP contribution is 2.35. The Kier molecular flexibility index (Phi) is 5.74. The largest absolute Gasteiger partial charge is 0.489 e. The molecule has 0 fully saturated rings. The van der Waals surface area contributed by atoms with Gasteiger partial charge >= 0.3 is 6.18 Å². The van der Waals surface area contributed by atoms with E-state index in [9.17, 15) is 22.8 Å². The second-order valence-electron chi connectivity index (χ2n) is 7.07. The predicted molar refractivity (Wildman–Crippen MR) is 112 cm³/mol. The lowest BCUT2D eigenvalue weighted by atomic mass is 10.0. The van der Waals surface area contributed by atoms with Crippen molar-refractivity contribution in [1.29, 1.82) is 0 Å². The van der Waals surface area contributed by atoms with Crippen LogP contribution in [0, 0.1) is 0 Å². The second-order valence-corrected chi connectivity index (χ2v) is 7.07. The summed E-state index contributed by atoms with van der Waals surface area (Å²) < 4.78 is 51.1. The number of primary amides is 1. The predicted octanol–water partition coefficient (Wildman–Crippen LogP) is 4.39. The van der Waals surface area contributed by atoms with Crippen LogP contribution in [0.4, 0.5) is 13.2 Å². The first kappa shape index (κ1) is 21.9. The fraction of sp³-hybridized carbons (Fsp3) is 0.0870. The number of pyridine rings is 2. The van der Waals surface area contributed by atoms with Gasteiger partial charge in [-0.3, -0.25) is 14.6 Å². The van der Waals surface area contributed by atoms with Crippen LogP contribution in [0.25, 0.3) is 22.3 Å². The molecule has 0 aliphatic carbocycles. The maximum Gasteiger partial charge on any atom is 0.431 e. The second kappa shape index (κ2) is 8.65. The maximum atomic E-state index is 13.4. The van der Waals surface area contributed by atoms with Crippen molar-refractivity contribution >= 4 is 5.91 Å². The lowest BCUT2D eigenvalue weighted by Crippen LogP contribution is -2.27. The van der Waals surface area contributed by atoms with Crippen LogP contribution in [-0.4, -0.2) is 15.9 Å². The van der Waals surface area contributed by atoms with Gasteiger partial charge in [-0.05, 0) is 35.9 Å². The number of rotatable bonds is 6. The summed E-state index contributed by atoms with van der Waals surface area (Å²) >= 11 is 0. The summed E-state index contributed by atoms with van der Waals surface area (Å²) in [5, 5.41) is 0.